The van der Waals surface area contributed by atoms with Gasteiger partial charge in [0.2, 0.25) is 5.91 Å². The number of halogens is 4. The van der Waals surface area contributed by atoms with E-state index in [1.165, 1.54) is 32.0 Å². The summed E-state index contributed by atoms with van der Waals surface area (Å²) in [5.41, 5.74) is -2.25. The van der Waals surface area contributed by atoms with Gasteiger partial charge in [0, 0.05) is 41.9 Å². The summed E-state index contributed by atoms with van der Waals surface area (Å²) >= 11 is 0. The van der Waals surface area contributed by atoms with Crippen LogP contribution in [-0.4, -0.2) is 78.3 Å². The maximum Gasteiger partial charge on any atom is 0.407 e. The second-order valence-electron chi connectivity index (χ2n) is 12.9. The lowest BCUT2D eigenvalue weighted by molar-refractivity contribution is -0.161. The number of nitriles is 1. The SMILES string of the molecule is CN(C)C1CCN(C(=O)c2ccc3oc4cc([C@H](N[C@@H](CC(C)(C)F)C(=O)NC5(C#N)CC5)C(F)(F)F)ccc4c3c2)CC1. The molecule has 2 aliphatic rings. The van der Waals surface area contributed by atoms with E-state index in [4.69, 9.17) is 4.42 Å². The molecule has 1 saturated carbocycles. The van der Waals surface area contributed by atoms with Crippen LogP contribution in [0, 0.1) is 11.3 Å². The van der Waals surface area contributed by atoms with E-state index in [1.807, 2.05) is 25.1 Å². The Bertz CT molecular complexity index is 1590. The average Bonchev–Trinajstić information content (AvgIpc) is 3.64. The number of amides is 2. The number of carbonyl (C=O) groups is 2. The standard InChI is InChI=1S/C32H37F4N5O3/c1-30(2,33)17-24(28(42)39-31(18-37)11-12-31)38-27(32(34,35)36)19-5-7-22-23-15-20(6-8-25(23)44-26(22)16-19)29(43)41-13-9-21(10-14-41)40(3)4/h5-8,15-16,21,24,27,38H,9-14,17H2,1-4H3,(H,39,42)/t24-,27-/m0/s1. The molecule has 44 heavy (non-hydrogen) atoms. The van der Waals surface area contributed by atoms with Gasteiger partial charge in [0.25, 0.3) is 5.91 Å². The van der Waals surface area contributed by atoms with Crippen molar-refractivity contribution < 1.29 is 31.6 Å². The fraction of sp³-hybridized carbons (Fsp3) is 0.531. The minimum absolute atomic E-state index is 0.110. The van der Waals surface area contributed by atoms with Gasteiger partial charge >= 0.3 is 6.18 Å². The first kappa shape index (κ1) is 31.7. The van der Waals surface area contributed by atoms with Crippen molar-refractivity contribution in [3.63, 3.8) is 0 Å². The summed E-state index contributed by atoms with van der Waals surface area (Å²) in [5.74, 6) is -0.974. The number of rotatable bonds is 9. The van der Waals surface area contributed by atoms with Crippen molar-refractivity contribution >= 4 is 33.8 Å². The van der Waals surface area contributed by atoms with Crippen LogP contribution in [0.3, 0.4) is 0 Å². The molecule has 2 heterocycles. The topological polar surface area (TPSA) is 102 Å². The number of likely N-dealkylation sites (tertiary alicyclic amines) is 1. The largest absolute Gasteiger partial charge is 0.456 e. The zero-order valence-electron chi connectivity index (χ0n) is 25.2. The average molecular weight is 616 g/mol. The quantitative estimate of drug-likeness (QED) is 0.303. The number of furan rings is 1. The summed E-state index contributed by atoms with van der Waals surface area (Å²) in [4.78, 5) is 30.2. The van der Waals surface area contributed by atoms with Crippen molar-refractivity contribution in [2.45, 2.75) is 81.5 Å². The number of carbonyl (C=O) groups excluding carboxylic acids is 2. The molecule has 2 fully saturated rings. The third kappa shape index (κ3) is 6.84. The van der Waals surface area contributed by atoms with Crippen LogP contribution in [0.15, 0.2) is 40.8 Å². The van der Waals surface area contributed by atoms with Crippen LogP contribution in [0.2, 0.25) is 0 Å². The number of nitrogens with zero attached hydrogens (tertiary/aromatic N) is 3. The summed E-state index contributed by atoms with van der Waals surface area (Å²) in [5, 5.41) is 15.3. The Morgan fingerprint density at radius 2 is 1.75 bits per heavy atom. The monoisotopic (exact) mass is 615 g/mol. The molecule has 2 atom stereocenters. The van der Waals surface area contributed by atoms with Crippen LogP contribution in [0.1, 0.15) is 67.9 Å². The van der Waals surface area contributed by atoms with Gasteiger partial charge in [0.1, 0.15) is 28.4 Å². The number of benzene rings is 2. The van der Waals surface area contributed by atoms with Crippen molar-refractivity contribution in [2.75, 3.05) is 27.2 Å². The second-order valence-corrected chi connectivity index (χ2v) is 12.9. The van der Waals surface area contributed by atoms with E-state index in [9.17, 15) is 32.4 Å². The molecular weight excluding hydrogens is 578 g/mol. The van der Waals surface area contributed by atoms with Gasteiger partial charge in [0.15, 0.2) is 0 Å². The summed E-state index contributed by atoms with van der Waals surface area (Å²) in [6.07, 6.45) is -2.87. The van der Waals surface area contributed by atoms with Gasteiger partial charge in [-0.05, 0) is 83.5 Å². The molecule has 0 unspecified atom stereocenters. The Hall–Kier alpha value is -3.69. The van der Waals surface area contributed by atoms with Crippen molar-refractivity contribution in [1.29, 1.82) is 5.26 Å². The van der Waals surface area contributed by atoms with Crippen molar-refractivity contribution in [2.24, 2.45) is 0 Å². The maximum absolute atomic E-state index is 14.7. The van der Waals surface area contributed by atoms with Crippen molar-refractivity contribution in [3.05, 3.63) is 47.5 Å². The normalized spacial score (nSPS) is 18.8. The molecule has 1 aromatic heterocycles. The van der Waals surface area contributed by atoms with Gasteiger partial charge in [-0.2, -0.15) is 18.4 Å². The molecule has 1 saturated heterocycles. The minimum atomic E-state index is -4.84. The lowest BCUT2D eigenvalue weighted by Gasteiger charge is -2.35. The molecule has 0 bridgehead atoms. The Labute approximate surface area is 253 Å². The highest BCUT2D eigenvalue weighted by Gasteiger charge is 2.48. The maximum atomic E-state index is 14.7. The van der Waals surface area contributed by atoms with E-state index in [-0.39, 0.29) is 17.1 Å². The molecule has 0 radical (unpaired) electrons. The highest BCUT2D eigenvalue weighted by molar-refractivity contribution is 6.08. The van der Waals surface area contributed by atoms with E-state index < -0.39 is 41.8 Å². The minimum Gasteiger partial charge on any atom is -0.456 e. The van der Waals surface area contributed by atoms with Gasteiger partial charge < -0.3 is 19.5 Å². The number of fused-ring (bicyclic) bond motifs is 3. The molecule has 12 heteroatoms. The van der Waals surface area contributed by atoms with E-state index >= 15 is 0 Å². The van der Waals surface area contributed by atoms with Crippen molar-refractivity contribution in [1.82, 2.24) is 20.4 Å². The molecule has 3 aromatic rings. The first-order chi connectivity index (χ1) is 20.6. The molecular formula is C32H37F4N5O3. The van der Waals surface area contributed by atoms with Crippen LogP contribution < -0.4 is 10.6 Å². The van der Waals surface area contributed by atoms with Gasteiger partial charge in [-0.15, -0.1) is 0 Å². The summed E-state index contributed by atoms with van der Waals surface area (Å²) in [6.45, 7) is 3.63. The molecule has 1 aliphatic heterocycles. The zero-order chi connectivity index (χ0) is 32.0. The molecule has 5 rings (SSSR count). The Morgan fingerprint density at radius 3 is 2.32 bits per heavy atom. The number of hydrogen-bond acceptors (Lipinski definition) is 6. The summed E-state index contributed by atoms with van der Waals surface area (Å²) in [6, 6.07) is 7.54. The summed E-state index contributed by atoms with van der Waals surface area (Å²) < 4.78 is 63.9. The van der Waals surface area contributed by atoms with Crippen LogP contribution in [-0.2, 0) is 4.79 Å². The number of piperidine rings is 1. The lowest BCUT2D eigenvalue weighted by Crippen LogP contribution is -2.53. The van der Waals surface area contributed by atoms with Crippen LogP contribution in [0.25, 0.3) is 21.9 Å². The molecule has 2 N–H and O–H groups in total. The number of nitrogens with one attached hydrogen (secondary N) is 2. The van der Waals surface area contributed by atoms with E-state index in [0.717, 1.165) is 12.8 Å². The predicted octanol–water partition coefficient (Wildman–Crippen LogP) is 5.62. The first-order valence-corrected chi connectivity index (χ1v) is 14.8. The molecule has 1 aliphatic carbocycles. The van der Waals surface area contributed by atoms with Gasteiger partial charge in [-0.25, -0.2) is 4.39 Å². The molecule has 236 valence electrons. The molecule has 2 aromatic carbocycles. The third-order valence-corrected chi connectivity index (χ3v) is 8.59. The highest BCUT2D eigenvalue weighted by Crippen LogP contribution is 2.39. The smallest absolute Gasteiger partial charge is 0.407 e. The van der Waals surface area contributed by atoms with E-state index in [1.54, 1.807) is 18.2 Å². The van der Waals surface area contributed by atoms with Crippen LogP contribution >= 0.6 is 0 Å². The second kappa shape index (κ2) is 11.7. The highest BCUT2D eigenvalue weighted by atomic mass is 19.4. The Balaban J connectivity index is 1.42. The van der Waals surface area contributed by atoms with Crippen LogP contribution in [0.4, 0.5) is 17.6 Å². The molecule has 2 amide bonds. The van der Waals surface area contributed by atoms with Crippen molar-refractivity contribution in [3.8, 4) is 6.07 Å². The van der Waals surface area contributed by atoms with Gasteiger partial charge in [-0.1, -0.05) is 12.1 Å². The third-order valence-electron chi connectivity index (χ3n) is 8.59. The number of alkyl halides is 4. The zero-order valence-corrected chi connectivity index (χ0v) is 25.2. The first-order valence-electron chi connectivity index (χ1n) is 14.8. The molecule has 8 nitrogen and oxygen atoms in total. The van der Waals surface area contributed by atoms with E-state index in [2.05, 4.69) is 15.5 Å². The Morgan fingerprint density at radius 1 is 1.07 bits per heavy atom. The van der Waals surface area contributed by atoms with Gasteiger partial charge in [0.05, 0.1) is 12.1 Å². The Kier molecular flexibility index (Phi) is 8.42. The number of hydrogen-bond donors (Lipinski definition) is 2. The van der Waals surface area contributed by atoms with Gasteiger partial charge in [-0.3, -0.25) is 14.9 Å². The lowest BCUT2D eigenvalue weighted by atomic mass is 9.96. The predicted molar refractivity (Wildman–Crippen MR) is 158 cm³/mol. The summed E-state index contributed by atoms with van der Waals surface area (Å²) in [7, 11) is 4.05. The molecule has 0 spiro atoms. The fourth-order valence-electron chi connectivity index (χ4n) is 5.88. The van der Waals surface area contributed by atoms with E-state index in [0.29, 0.717) is 53.9 Å². The van der Waals surface area contributed by atoms with Crippen LogP contribution in [0.5, 0.6) is 0 Å². The fourth-order valence-corrected chi connectivity index (χ4v) is 5.88.